The fourth-order valence-electron chi connectivity index (χ4n) is 3.16. The Kier molecular flexibility index (Phi) is 6.07. The molecule has 1 aliphatic heterocycles. The molecule has 1 aliphatic rings. The maximum atomic E-state index is 14.3. The van der Waals surface area contributed by atoms with Crippen molar-refractivity contribution in [3.63, 3.8) is 0 Å². The van der Waals surface area contributed by atoms with Gasteiger partial charge in [0.1, 0.15) is 18.5 Å². The lowest BCUT2D eigenvalue weighted by molar-refractivity contribution is 0.0730. The van der Waals surface area contributed by atoms with Gasteiger partial charge >= 0.3 is 0 Å². The van der Waals surface area contributed by atoms with Crippen LogP contribution in [-0.2, 0) is 21.3 Å². The van der Waals surface area contributed by atoms with E-state index in [-0.39, 0.29) is 30.1 Å². The van der Waals surface area contributed by atoms with Crippen molar-refractivity contribution < 1.29 is 22.3 Å². The first-order valence-corrected chi connectivity index (χ1v) is 11.0. The monoisotopic (exact) mass is 445 g/mol. The van der Waals surface area contributed by atoms with Crippen molar-refractivity contribution in [3.05, 3.63) is 72.1 Å². The van der Waals surface area contributed by atoms with Gasteiger partial charge in [-0.1, -0.05) is 12.1 Å². The van der Waals surface area contributed by atoms with Gasteiger partial charge in [0.25, 0.3) is 5.91 Å². The van der Waals surface area contributed by atoms with Gasteiger partial charge in [-0.25, -0.2) is 22.5 Å². The molecule has 2 aromatic carbocycles. The van der Waals surface area contributed by atoms with Gasteiger partial charge in [-0.15, -0.1) is 0 Å². The molecule has 3 aromatic rings. The number of amides is 1. The van der Waals surface area contributed by atoms with Crippen molar-refractivity contribution in [2.75, 3.05) is 26.3 Å². The molecule has 1 saturated heterocycles. The second-order valence-electron chi connectivity index (χ2n) is 6.85. The normalized spacial score (nSPS) is 15.0. The number of carbonyl (C=O) groups excluding carboxylic acids is 1. The van der Waals surface area contributed by atoms with Crippen LogP contribution in [0.15, 0.2) is 60.0 Å². The highest BCUT2D eigenvalue weighted by atomic mass is 32.2. The average molecular weight is 445 g/mol. The third-order valence-electron chi connectivity index (χ3n) is 4.86. The number of morpholine rings is 1. The molecule has 0 saturated carbocycles. The molecule has 0 radical (unpaired) electrons. The molecule has 0 unspecified atom stereocenters. The Morgan fingerprint density at radius 3 is 2.55 bits per heavy atom. The summed E-state index contributed by atoms with van der Waals surface area (Å²) in [5.41, 5.74) is 1.27. The topological polar surface area (TPSA) is 106 Å². The first kappa shape index (κ1) is 21.1. The van der Waals surface area contributed by atoms with Crippen LogP contribution in [0.2, 0.25) is 0 Å². The predicted octanol–water partition coefficient (Wildman–Crippen LogP) is 1.36. The first-order chi connectivity index (χ1) is 14.9. The van der Waals surface area contributed by atoms with Gasteiger partial charge in [-0.05, 0) is 35.9 Å². The highest BCUT2D eigenvalue weighted by Crippen LogP contribution is 2.20. The van der Waals surface area contributed by atoms with E-state index in [1.807, 2.05) is 12.1 Å². The van der Waals surface area contributed by atoms with E-state index in [1.165, 1.54) is 16.7 Å². The summed E-state index contributed by atoms with van der Waals surface area (Å²) in [7, 11) is -3.83. The van der Waals surface area contributed by atoms with Crippen molar-refractivity contribution >= 4 is 15.9 Å². The summed E-state index contributed by atoms with van der Waals surface area (Å²) in [6.07, 6.45) is 2.99. The number of aromatic nitrogens is 3. The van der Waals surface area contributed by atoms with E-state index in [0.29, 0.717) is 13.2 Å². The van der Waals surface area contributed by atoms with Gasteiger partial charge in [-0.3, -0.25) is 4.79 Å². The van der Waals surface area contributed by atoms with Crippen LogP contribution in [0.4, 0.5) is 4.39 Å². The fourth-order valence-corrected chi connectivity index (χ4v) is 4.60. The number of nitrogens with one attached hydrogen (secondary N) is 1. The van der Waals surface area contributed by atoms with Crippen molar-refractivity contribution in [3.8, 4) is 5.69 Å². The second-order valence-corrected chi connectivity index (χ2v) is 8.79. The van der Waals surface area contributed by atoms with Gasteiger partial charge in [0.05, 0.1) is 29.4 Å². The van der Waals surface area contributed by atoms with E-state index in [0.717, 1.165) is 23.4 Å². The average Bonchev–Trinajstić information content (AvgIpc) is 3.33. The summed E-state index contributed by atoms with van der Waals surface area (Å²) in [4.78, 5) is 16.3. The zero-order chi connectivity index (χ0) is 21.8. The van der Waals surface area contributed by atoms with Crippen LogP contribution in [0.3, 0.4) is 0 Å². The van der Waals surface area contributed by atoms with Crippen LogP contribution in [-0.4, -0.2) is 59.7 Å². The summed E-state index contributed by atoms with van der Waals surface area (Å²) < 4.78 is 47.9. The number of nitrogens with zero attached hydrogens (tertiary/aromatic N) is 4. The summed E-state index contributed by atoms with van der Waals surface area (Å²) in [6, 6.07) is 10.5. The minimum atomic E-state index is -3.83. The highest BCUT2D eigenvalue weighted by Gasteiger charge is 2.27. The fraction of sp³-hybridized carbons (Fsp3) is 0.250. The number of rotatable bonds is 6. The molecule has 1 aromatic heterocycles. The van der Waals surface area contributed by atoms with Crippen LogP contribution < -0.4 is 5.32 Å². The van der Waals surface area contributed by atoms with Crippen LogP contribution in [0, 0.1) is 5.82 Å². The Morgan fingerprint density at radius 1 is 1.13 bits per heavy atom. The smallest absolute Gasteiger partial charge is 0.254 e. The van der Waals surface area contributed by atoms with Gasteiger partial charge in [0, 0.05) is 19.6 Å². The van der Waals surface area contributed by atoms with E-state index >= 15 is 0 Å². The lowest BCUT2D eigenvalue weighted by Gasteiger charge is -2.26. The minimum absolute atomic E-state index is 0.127. The maximum absolute atomic E-state index is 14.3. The molecule has 0 aliphatic carbocycles. The Bertz CT molecular complexity index is 1160. The molecular weight excluding hydrogens is 425 g/mol. The van der Waals surface area contributed by atoms with E-state index in [1.54, 1.807) is 23.1 Å². The SMILES string of the molecule is O=C(NCc1ccc(-n2cncn2)cc1)c1cc(S(=O)(=O)N2CCOCC2)ccc1F. The molecular formula is C20H20FN5O4S. The maximum Gasteiger partial charge on any atom is 0.254 e. The van der Waals surface area contributed by atoms with Crippen LogP contribution in [0.1, 0.15) is 15.9 Å². The largest absolute Gasteiger partial charge is 0.379 e. The molecule has 4 rings (SSSR count). The molecule has 0 atom stereocenters. The summed E-state index contributed by atoms with van der Waals surface area (Å²) in [5, 5.41) is 6.66. The third kappa shape index (κ3) is 4.63. The van der Waals surface area contributed by atoms with Crippen molar-refractivity contribution in [2.45, 2.75) is 11.4 Å². The number of sulfonamides is 1. The van der Waals surface area contributed by atoms with Gasteiger partial charge in [0.2, 0.25) is 10.0 Å². The zero-order valence-corrected chi connectivity index (χ0v) is 17.3. The lowest BCUT2D eigenvalue weighted by atomic mass is 10.1. The Balaban J connectivity index is 1.46. The minimum Gasteiger partial charge on any atom is -0.379 e. The number of halogens is 1. The Hall–Kier alpha value is -3.15. The predicted molar refractivity (Wildman–Crippen MR) is 109 cm³/mol. The Labute approximate surface area is 178 Å². The van der Waals surface area contributed by atoms with Crippen LogP contribution in [0.5, 0.6) is 0 Å². The highest BCUT2D eigenvalue weighted by molar-refractivity contribution is 7.89. The molecule has 9 nitrogen and oxygen atoms in total. The summed E-state index contributed by atoms with van der Waals surface area (Å²) in [5.74, 6) is -1.49. The Morgan fingerprint density at radius 2 is 1.87 bits per heavy atom. The van der Waals surface area contributed by atoms with Crippen LogP contribution in [0.25, 0.3) is 5.69 Å². The van der Waals surface area contributed by atoms with E-state index in [2.05, 4.69) is 15.4 Å². The molecule has 1 amide bonds. The quantitative estimate of drug-likeness (QED) is 0.614. The molecule has 2 heterocycles. The van der Waals surface area contributed by atoms with E-state index in [4.69, 9.17) is 4.74 Å². The number of carbonyl (C=O) groups is 1. The molecule has 0 spiro atoms. The summed E-state index contributed by atoms with van der Waals surface area (Å²) >= 11 is 0. The number of benzene rings is 2. The van der Waals surface area contributed by atoms with Gasteiger partial charge in [0.15, 0.2) is 0 Å². The second kappa shape index (κ2) is 8.92. The van der Waals surface area contributed by atoms with Crippen molar-refractivity contribution in [1.29, 1.82) is 0 Å². The molecule has 162 valence electrons. The van der Waals surface area contributed by atoms with Crippen LogP contribution >= 0.6 is 0 Å². The lowest BCUT2D eigenvalue weighted by Crippen LogP contribution is -2.40. The molecule has 31 heavy (non-hydrogen) atoms. The third-order valence-corrected chi connectivity index (χ3v) is 6.76. The number of hydrogen-bond donors (Lipinski definition) is 1. The van der Waals surface area contributed by atoms with Crippen molar-refractivity contribution in [2.24, 2.45) is 0 Å². The number of hydrogen-bond acceptors (Lipinski definition) is 6. The van der Waals surface area contributed by atoms with E-state index < -0.39 is 21.7 Å². The molecule has 1 fully saturated rings. The molecule has 0 bridgehead atoms. The number of ether oxygens (including phenoxy) is 1. The van der Waals surface area contributed by atoms with Crippen molar-refractivity contribution in [1.82, 2.24) is 24.4 Å². The van der Waals surface area contributed by atoms with Gasteiger partial charge in [-0.2, -0.15) is 9.40 Å². The van der Waals surface area contributed by atoms with E-state index in [9.17, 15) is 17.6 Å². The zero-order valence-electron chi connectivity index (χ0n) is 16.4. The first-order valence-electron chi connectivity index (χ1n) is 9.55. The van der Waals surface area contributed by atoms with Gasteiger partial charge < -0.3 is 10.1 Å². The standard InChI is InChI=1S/C20H20FN5O4S/c21-19-6-5-17(31(28,29)25-7-9-30-10-8-25)11-18(19)20(27)23-12-15-1-3-16(4-2-15)26-14-22-13-24-26/h1-6,11,13-14H,7-10,12H2,(H,23,27). The molecule has 1 N–H and O–H groups in total. The summed E-state index contributed by atoms with van der Waals surface area (Å²) in [6.45, 7) is 1.17. The molecule has 11 heteroatoms.